The van der Waals surface area contributed by atoms with Gasteiger partial charge in [-0.1, -0.05) is 24.8 Å². The molecule has 7 nitrogen and oxygen atoms in total. The summed E-state index contributed by atoms with van der Waals surface area (Å²) in [4.78, 5) is 24.0. The highest BCUT2D eigenvalue weighted by Gasteiger charge is 2.53. The van der Waals surface area contributed by atoms with E-state index in [0.29, 0.717) is 33.8 Å². The molecule has 3 aromatic rings. The van der Waals surface area contributed by atoms with Crippen LogP contribution in [0.5, 0.6) is 23.0 Å². The van der Waals surface area contributed by atoms with Gasteiger partial charge in [0.2, 0.25) is 6.10 Å². The number of rotatable bonds is 4. The first-order chi connectivity index (χ1) is 14.9. The van der Waals surface area contributed by atoms with Crippen molar-refractivity contribution in [3.8, 4) is 23.0 Å². The maximum atomic E-state index is 12.7. The van der Waals surface area contributed by atoms with Gasteiger partial charge in [-0.2, -0.15) is 0 Å². The van der Waals surface area contributed by atoms with Crippen LogP contribution in [-0.2, 0) is 15.1 Å². The van der Waals surface area contributed by atoms with E-state index in [1.54, 1.807) is 30.3 Å². The van der Waals surface area contributed by atoms with Gasteiger partial charge in [-0.05, 0) is 36.4 Å². The van der Waals surface area contributed by atoms with Crippen LogP contribution in [0.4, 0.5) is 0 Å². The first-order valence-electron chi connectivity index (χ1n) is 9.45. The number of carbonyl (C=O) groups excluding carboxylic acids is 1. The number of carbonyl (C=O) groups is 2. The van der Waals surface area contributed by atoms with Crippen LogP contribution in [0.1, 0.15) is 27.0 Å². The van der Waals surface area contributed by atoms with Crippen molar-refractivity contribution < 1.29 is 34.0 Å². The Labute approximate surface area is 176 Å². The van der Waals surface area contributed by atoms with Gasteiger partial charge < -0.3 is 24.4 Å². The summed E-state index contributed by atoms with van der Waals surface area (Å²) in [6, 6.07) is 16.5. The average Bonchev–Trinajstić information content (AvgIpc) is 3.05. The maximum Gasteiger partial charge on any atom is 0.349 e. The van der Waals surface area contributed by atoms with Gasteiger partial charge in [-0.25, -0.2) is 9.59 Å². The summed E-state index contributed by atoms with van der Waals surface area (Å²) in [5, 5.41) is 19.2. The van der Waals surface area contributed by atoms with Gasteiger partial charge in [0.15, 0.2) is 5.60 Å². The molecular weight excluding hydrogens is 400 g/mol. The topological polar surface area (TPSA) is 102 Å². The second-order valence-electron chi connectivity index (χ2n) is 7.17. The molecule has 2 aliphatic rings. The Bertz CT molecular complexity index is 1260. The second-order valence-corrected chi connectivity index (χ2v) is 7.17. The van der Waals surface area contributed by atoms with Crippen LogP contribution >= 0.6 is 0 Å². The number of esters is 1. The Morgan fingerprint density at radius 1 is 1.03 bits per heavy atom. The SMILES string of the molecule is C=CC(Oc1ccc2c(c1)Oc1cc(O)ccc1C21OC(=O)c2ccccc21)C(=O)O. The molecule has 0 aliphatic carbocycles. The number of carboxylic acid groups (broad SMARTS) is 1. The molecule has 2 aliphatic heterocycles. The number of phenolic OH excluding ortho intramolecular Hbond substituents is 1. The molecule has 0 saturated carbocycles. The second kappa shape index (κ2) is 6.63. The molecule has 2 unspecified atom stereocenters. The monoisotopic (exact) mass is 416 g/mol. The molecular formula is C24H16O7. The number of benzene rings is 3. The van der Waals surface area contributed by atoms with Gasteiger partial charge in [0.25, 0.3) is 0 Å². The lowest BCUT2D eigenvalue weighted by Crippen LogP contribution is -2.33. The Morgan fingerprint density at radius 2 is 1.74 bits per heavy atom. The standard InChI is InChI=1S/C24H16O7/c1-2-19(22(26)27)29-14-8-10-18-21(12-14)30-20-11-13(25)7-9-17(20)24(18)16-6-4-3-5-15(16)23(28)31-24/h2-12,19,25H,1H2,(H,26,27). The number of hydrogen-bond acceptors (Lipinski definition) is 6. The molecule has 2 atom stereocenters. The number of fused-ring (bicyclic) bond motifs is 6. The molecule has 31 heavy (non-hydrogen) atoms. The highest BCUT2D eigenvalue weighted by molar-refractivity contribution is 5.97. The van der Waals surface area contributed by atoms with Crippen LogP contribution < -0.4 is 9.47 Å². The van der Waals surface area contributed by atoms with E-state index in [1.807, 2.05) is 12.1 Å². The van der Waals surface area contributed by atoms with E-state index in [4.69, 9.17) is 14.2 Å². The van der Waals surface area contributed by atoms with Gasteiger partial charge in [0, 0.05) is 28.8 Å². The van der Waals surface area contributed by atoms with Gasteiger partial charge in [-0.15, -0.1) is 0 Å². The number of hydrogen-bond donors (Lipinski definition) is 2. The van der Waals surface area contributed by atoms with Gasteiger partial charge in [0.1, 0.15) is 23.0 Å². The van der Waals surface area contributed by atoms with Gasteiger partial charge >= 0.3 is 11.9 Å². The van der Waals surface area contributed by atoms with E-state index in [2.05, 4.69) is 6.58 Å². The van der Waals surface area contributed by atoms with Gasteiger partial charge in [0.05, 0.1) is 5.56 Å². The molecule has 3 aromatic carbocycles. The van der Waals surface area contributed by atoms with Crippen LogP contribution in [-0.4, -0.2) is 28.3 Å². The summed E-state index contributed by atoms with van der Waals surface area (Å²) in [5.41, 5.74) is 0.945. The number of carboxylic acids is 1. The maximum absolute atomic E-state index is 12.7. The quantitative estimate of drug-likeness (QED) is 0.490. The van der Waals surface area contributed by atoms with Crippen molar-refractivity contribution in [3.05, 3.63) is 95.6 Å². The normalized spacial score (nSPS) is 18.8. The van der Waals surface area contributed by atoms with E-state index >= 15 is 0 Å². The molecule has 2 N–H and O–H groups in total. The van der Waals surface area contributed by atoms with Crippen LogP contribution in [0.25, 0.3) is 0 Å². The van der Waals surface area contributed by atoms with Crippen LogP contribution in [0.15, 0.2) is 73.3 Å². The molecule has 0 aromatic heterocycles. The van der Waals surface area contributed by atoms with E-state index in [0.717, 1.165) is 0 Å². The van der Waals surface area contributed by atoms with E-state index in [9.17, 15) is 19.8 Å². The van der Waals surface area contributed by atoms with E-state index < -0.39 is 23.6 Å². The van der Waals surface area contributed by atoms with Crippen molar-refractivity contribution in [2.45, 2.75) is 11.7 Å². The summed E-state index contributed by atoms with van der Waals surface area (Å²) in [5.74, 6) is -0.803. The van der Waals surface area contributed by atoms with E-state index in [-0.39, 0.29) is 11.5 Å². The summed E-state index contributed by atoms with van der Waals surface area (Å²) in [6.07, 6.45) is -0.0658. The zero-order valence-electron chi connectivity index (χ0n) is 16.1. The summed E-state index contributed by atoms with van der Waals surface area (Å²) >= 11 is 0. The van der Waals surface area contributed by atoms with Crippen molar-refractivity contribution >= 4 is 11.9 Å². The van der Waals surface area contributed by atoms with Crippen molar-refractivity contribution in [1.29, 1.82) is 0 Å². The predicted octanol–water partition coefficient (Wildman–Crippen LogP) is 3.98. The smallest absolute Gasteiger partial charge is 0.349 e. The van der Waals surface area contributed by atoms with Crippen molar-refractivity contribution in [2.24, 2.45) is 0 Å². The van der Waals surface area contributed by atoms with Crippen LogP contribution in [0.2, 0.25) is 0 Å². The molecule has 7 heteroatoms. The Kier molecular flexibility index (Phi) is 4.01. The van der Waals surface area contributed by atoms with Crippen molar-refractivity contribution in [3.63, 3.8) is 0 Å². The molecule has 0 radical (unpaired) electrons. The zero-order valence-corrected chi connectivity index (χ0v) is 16.1. The third-order valence-electron chi connectivity index (χ3n) is 5.39. The van der Waals surface area contributed by atoms with E-state index in [1.165, 1.54) is 24.3 Å². The highest BCUT2D eigenvalue weighted by Crippen LogP contribution is 2.56. The molecule has 1 spiro atoms. The first kappa shape index (κ1) is 18.7. The molecule has 5 rings (SSSR count). The Hall–Kier alpha value is -4.26. The largest absolute Gasteiger partial charge is 0.508 e. The Balaban J connectivity index is 1.72. The number of ether oxygens (including phenoxy) is 3. The lowest BCUT2D eigenvalue weighted by molar-refractivity contribution is -0.142. The number of aromatic hydroxyl groups is 1. The fourth-order valence-corrected chi connectivity index (χ4v) is 4.06. The molecule has 0 bridgehead atoms. The number of aliphatic carboxylic acids is 1. The fourth-order valence-electron chi connectivity index (χ4n) is 4.06. The molecule has 0 saturated heterocycles. The lowest BCUT2D eigenvalue weighted by atomic mass is 9.77. The lowest BCUT2D eigenvalue weighted by Gasteiger charge is -2.36. The highest BCUT2D eigenvalue weighted by atomic mass is 16.6. The van der Waals surface area contributed by atoms with Crippen LogP contribution in [0, 0.1) is 0 Å². The zero-order chi connectivity index (χ0) is 21.8. The minimum absolute atomic E-state index is 0.0139. The molecule has 0 amide bonds. The first-order valence-corrected chi connectivity index (χ1v) is 9.45. The minimum atomic E-state index is -1.27. The summed E-state index contributed by atoms with van der Waals surface area (Å²) in [7, 11) is 0. The summed E-state index contributed by atoms with van der Waals surface area (Å²) in [6.45, 7) is 3.47. The van der Waals surface area contributed by atoms with Crippen LogP contribution in [0.3, 0.4) is 0 Å². The summed E-state index contributed by atoms with van der Waals surface area (Å²) < 4.78 is 17.5. The predicted molar refractivity (Wildman–Crippen MR) is 109 cm³/mol. The number of phenols is 1. The fraction of sp³-hybridized carbons (Fsp3) is 0.0833. The molecule has 0 fully saturated rings. The van der Waals surface area contributed by atoms with Gasteiger partial charge in [-0.3, -0.25) is 0 Å². The molecule has 154 valence electrons. The average molecular weight is 416 g/mol. The minimum Gasteiger partial charge on any atom is -0.508 e. The third-order valence-corrected chi connectivity index (χ3v) is 5.39. The molecule has 2 heterocycles. The van der Waals surface area contributed by atoms with Crippen molar-refractivity contribution in [1.82, 2.24) is 0 Å². The Morgan fingerprint density at radius 3 is 2.48 bits per heavy atom. The third kappa shape index (κ3) is 2.67. The van der Waals surface area contributed by atoms with Crippen molar-refractivity contribution in [2.75, 3.05) is 0 Å².